The van der Waals surface area contributed by atoms with E-state index in [4.69, 9.17) is 5.11 Å². The van der Waals surface area contributed by atoms with Crippen LogP contribution in [-0.2, 0) is 0 Å². The molecule has 2 N–H and O–H groups in total. The van der Waals surface area contributed by atoms with E-state index in [-0.39, 0.29) is 0 Å². The molecule has 0 radical (unpaired) electrons. The highest BCUT2D eigenvalue weighted by Crippen LogP contribution is 2.21. The molecular formula is C15H32N2O. The van der Waals surface area contributed by atoms with Gasteiger partial charge in [-0.25, -0.2) is 0 Å². The normalized spacial score (nSPS) is 26.2. The van der Waals surface area contributed by atoms with Crippen LogP contribution in [0.3, 0.4) is 0 Å². The first-order chi connectivity index (χ1) is 8.52. The third-order valence-corrected chi connectivity index (χ3v) is 3.99. The first kappa shape index (κ1) is 15.9. The molecule has 0 saturated carbocycles. The van der Waals surface area contributed by atoms with Crippen molar-refractivity contribution in [1.29, 1.82) is 0 Å². The molecule has 3 nitrogen and oxygen atoms in total. The highest BCUT2D eigenvalue weighted by molar-refractivity contribution is 4.84. The van der Waals surface area contributed by atoms with Gasteiger partial charge in [-0.2, -0.15) is 0 Å². The Balaban J connectivity index is 2.40. The summed E-state index contributed by atoms with van der Waals surface area (Å²) in [5, 5.41) is 12.8. The molecule has 0 aromatic heterocycles. The average molecular weight is 256 g/mol. The van der Waals surface area contributed by atoms with E-state index in [1.807, 2.05) is 0 Å². The Hall–Kier alpha value is -0.120. The summed E-state index contributed by atoms with van der Waals surface area (Å²) in [5.74, 6) is 1.43. The Morgan fingerprint density at radius 1 is 1.22 bits per heavy atom. The molecule has 1 aliphatic rings. The second kappa shape index (κ2) is 8.13. The SMILES string of the molecule is CC(C)CCNC1CC(CCO)CN(C(C)C)C1. The molecule has 18 heavy (non-hydrogen) atoms. The fourth-order valence-corrected chi connectivity index (χ4v) is 2.78. The van der Waals surface area contributed by atoms with E-state index in [0.29, 0.717) is 24.6 Å². The topological polar surface area (TPSA) is 35.5 Å². The number of hydrogen-bond donors (Lipinski definition) is 2. The molecule has 2 atom stereocenters. The van der Waals surface area contributed by atoms with Crippen molar-refractivity contribution < 1.29 is 5.11 Å². The van der Waals surface area contributed by atoms with E-state index in [2.05, 4.69) is 37.9 Å². The second-order valence-corrected chi connectivity index (χ2v) is 6.50. The predicted molar refractivity (Wildman–Crippen MR) is 77.8 cm³/mol. The van der Waals surface area contributed by atoms with Crippen LogP contribution in [0, 0.1) is 11.8 Å². The lowest BCUT2D eigenvalue weighted by Crippen LogP contribution is -2.51. The van der Waals surface area contributed by atoms with Crippen LogP contribution in [0.15, 0.2) is 0 Å². The standard InChI is InChI=1S/C15H32N2O/c1-12(2)5-7-16-15-9-14(6-8-18)10-17(11-15)13(3)4/h12-16,18H,5-11H2,1-4H3. The maximum absolute atomic E-state index is 9.14. The molecule has 3 heteroatoms. The molecule has 1 saturated heterocycles. The van der Waals surface area contributed by atoms with Crippen molar-refractivity contribution in [2.75, 3.05) is 26.2 Å². The van der Waals surface area contributed by atoms with Crippen LogP contribution in [-0.4, -0.2) is 48.3 Å². The lowest BCUT2D eigenvalue weighted by Gasteiger charge is -2.40. The van der Waals surface area contributed by atoms with Crippen molar-refractivity contribution in [1.82, 2.24) is 10.2 Å². The van der Waals surface area contributed by atoms with Crippen LogP contribution in [0.5, 0.6) is 0 Å². The zero-order valence-corrected chi connectivity index (χ0v) is 12.7. The Labute approximate surface area is 113 Å². The first-order valence-corrected chi connectivity index (χ1v) is 7.61. The molecule has 2 unspecified atom stereocenters. The van der Waals surface area contributed by atoms with Gasteiger partial charge in [-0.1, -0.05) is 13.8 Å². The third-order valence-electron chi connectivity index (χ3n) is 3.99. The van der Waals surface area contributed by atoms with Gasteiger partial charge in [-0.05, 0) is 51.5 Å². The lowest BCUT2D eigenvalue weighted by atomic mass is 9.91. The number of nitrogens with zero attached hydrogens (tertiary/aromatic N) is 1. The summed E-state index contributed by atoms with van der Waals surface area (Å²) < 4.78 is 0. The number of piperidine rings is 1. The summed E-state index contributed by atoms with van der Waals surface area (Å²) in [5.41, 5.74) is 0. The van der Waals surface area contributed by atoms with Crippen LogP contribution >= 0.6 is 0 Å². The maximum Gasteiger partial charge on any atom is 0.0434 e. The molecule has 0 amide bonds. The Morgan fingerprint density at radius 3 is 2.50 bits per heavy atom. The van der Waals surface area contributed by atoms with Gasteiger partial charge in [0.25, 0.3) is 0 Å². The number of likely N-dealkylation sites (tertiary alicyclic amines) is 1. The highest BCUT2D eigenvalue weighted by Gasteiger charge is 2.27. The summed E-state index contributed by atoms with van der Waals surface area (Å²) in [6, 6.07) is 1.22. The minimum absolute atomic E-state index is 0.329. The van der Waals surface area contributed by atoms with E-state index in [9.17, 15) is 0 Å². The van der Waals surface area contributed by atoms with E-state index in [0.717, 1.165) is 32.0 Å². The summed E-state index contributed by atoms with van der Waals surface area (Å²) >= 11 is 0. The van der Waals surface area contributed by atoms with Crippen LogP contribution in [0.1, 0.15) is 47.0 Å². The highest BCUT2D eigenvalue weighted by atomic mass is 16.3. The molecule has 1 fully saturated rings. The largest absolute Gasteiger partial charge is 0.396 e. The fraction of sp³-hybridized carbons (Fsp3) is 1.00. The molecular weight excluding hydrogens is 224 g/mol. The first-order valence-electron chi connectivity index (χ1n) is 7.61. The number of aliphatic hydroxyl groups is 1. The van der Waals surface area contributed by atoms with Crippen molar-refractivity contribution in [3.63, 3.8) is 0 Å². The van der Waals surface area contributed by atoms with E-state index >= 15 is 0 Å². The predicted octanol–water partition coefficient (Wildman–Crippen LogP) is 2.10. The monoisotopic (exact) mass is 256 g/mol. The summed E-state index contributed by atoms with van der Waals surface area (Å²) in [6.07, 6.45) is 3.43. The molecule has 1 aliphatic heterocycles. The summed E-state index contributed by atoms with van der Waals surface area (Å²) in [4.78, 5) is 2.55. The zero-order valence-electron chi connectivity index (χ0n) is 12.7. The van der Waals surface area contributed by atoms with E-state index < -0.39 is 0 Å². The Kier molecular flexibility index (Phi) is 7.20. The van der Waals surface area contributed by atoms with Crippen molar-refractivity contribution in [3.8, 4) is 0 Å². The molecule has 0 bridgehead atoms. The van der Waals surface area contributed by atoms with Crippen molar-refractivity contribution in [2.45, 2.75) is 59.0 Å². The van der Waals surface area contributed by atoms with Crippen LogP contribution in [0.2, 0.25) is 0 Å². The molecule has 0 aliphatic carbocycles. The minimum atomic E-state index is 0.329. The number of hydrogen-bond acceptors (Lipinski definition) is 3. The van der Waals surface area contributed by atoms with Gasteiger partial charge in [0.2, 0.25) is 0 Å². The fourth-order valence-electron chi connectivity index (χ4n) is 2.78. The van der Waals surface area contributed by atoms with Gasteiger partial charge in [-0.15, -0.1) is 0 Å². The number of aliphatic hydroxyl groups excluding tert-OH is 1. The van der Waals surface area contributed by atoms with Crippen LogP contribution < -0.4 is 5.32 Å². The quantitative estimate of drug-likeness (QED) is 0.732. The second-order valence-electron chi connectivity index (χ2n) is 6.50. The van der Waals surface area contributed by atoms with Gasteiger partial charge < -0.3 is 10.4 Å². The molecule has 1 heterocycles. The Bertz CT molecular complexity index is 219. The molecule has 0 aromatic rings. The van der Waals surface area contributed by atoms with Gasteiger partial charge >= 0.3 is 0 Å². The molecule has 0 spiro atoms. The van der Waals surface area contributed by atoms with Crippen molar-refractivity contribution in [2.24, 2.45) is 11.8 Å². The smallest absolute Gasteiger partial charge is 0.0434 e. The molecule has 0 aromatic carbocycles. The van der Waals surface area contributed by atoms with Gasteiger partial charge in [0.15, 0.2) is 0 Å². The molecule has 108 valence electrons. The summed E-state index contributed by atoms with van der Waals surface area (Å²) in [6.45, 7) is 12.9. The van der Waals surface area contributed by atoms with Crippen molar-refractivity contribution >= 4 is 0 Å². The van der Waals surface area contributed by atoms with E-state index in [1.54, 1.807) is 0 Å². The zero-order chi connectivity index (χ0) is 13.5. The van der Waals surface area contributed by atoms with Gasteiger partial charge in [0.1, 0.15) is 0 Å². The average Bonchev–Trinajstić information content (AvgIpc) is 2.28. The minimum Gasteiger partial charge on any atom is -0.396 e. The van der Waals surface area contributed by atoms with Gasteiger partial charge in [0.05, 0.1) is 0 Å². The van der Waals surface area contributed by atoms with Crippen LogP contribution in [0.25, 0.3) is 0 Å². The molecule has 1 rings (SSSR count). The van der Waals surface area contributed by atoms with Gasteiger partial charge in [0, 0.05) is 31.8 Å². The van der Waals surface area contributed by atoms with E-state index in [1.165, 1.54) is 12.8 Å². The van der Waals surface area contributed by atoms with Crippen molar-refractivity contribution in [3.05, 3.63) is 0 Å². The van der Waals surface area contributed by atoms with Crippen LogP contribution in [0.4, 0.5) is 0 Å². The Morgan fingerprint density at radius 2 is 1.94 bits per heavy atom. The number of rotatable bonds is 7. The van der Waals surface area contributed by atoms with Gasteiger partial charge in [-0.3, -0.25) is 4.90 Å². The third kappa shape index (κ3) is 5.68. The maximum atomic E-state index is 9.14. The lowest BCUT2D eigenvalue weighted by molar-refractivity contribution is 0.0963. The summed E-state index contributed by atoms with van der Waals surface area (Å²) in [7, 11) is 0. The number of nitrogens with one attached hydrogen (secondary N) is 1.